The molecule has 0 heterocycles. The predicted octanol–water partition coefficient (Wildman–Crippen LogP) is 2.96. The van der Waals surface area contributed by atoms with E-state index in [9.17, 15) is 9.59 Å². The SMILES string of the molecule is O=C(NO)c1ccc(C(=O)N/N=C\C(Br)=C\c2ccccc2)cc1. The first-order valence-corrected chi connectivity index (χ1v) is 7.69. The molecular formula is C17H14BrN3O3. The molecule has 7 heteroatoms. The molecular weight excluding hydrogens is 374 g/mol. The van der Waals surface area contributed by atoms with E-state index in [-0.39, 0.29) is 5.56 Å². The summed E-state index contributed by atoms with van der Waals surface area (Å²) in [4.78, 5) is 23.1. The minimum Gasteiger partial charge on any atom is -0.288 e. The van der Waals surface area contributed by atoms with Gasteiger partial charge in [-0.1, -0.05) is 30.3 Å². The zero-order valence-electron chi connectivity index (χ0n) is 12.4. The number of carbonyl (C=O) groups is 2. The van der Waals surface area contributed by atoms with Gasteiger partial charge in [-0.2, -0.15) is 5.10 Å². The molecule has 0 radical (unpaired) electrons. The molecule has 0 fully saturated rings. The highest BCUT2D eigenvalue weighted by Gasteiger charge is 2.07. The van der Waals surface area contributed by atoms with Gasteiger partial charge >= 0.3 is 0 Å². The van der Waals surface area contributed by atoms with Gasteiger partial charge in [0, 0.05) is 15.6 Å². The number of amides is 2. The second-order valence-electron chi connectivity index (χ2n) is 4.66. The zero-order valence-corrected chi connectivity index (χ0v) is 14.0. The van der Waals surface area contributed by atoms with Crippen LogP contribution >= 0.6 is 15.9 Å². The van der Waals surface area contributed by atoms with Crippen LogP contribution in [0.1, 0.15) is 26.3 Å². The molecule has 2 amide bonds. The van der Waals surface area contributed by atoms with E-state index in [0.29, 0.717) is 10.0 Å². The Morgan fingerprint density at radius 1 is 0.958 bits per heavy atom. The van der Waals surface area contributed by atoms with Crippen molar-refractivity contribution in [3.63, 3.8) is 0 Å². The van der Waals surface area contributed by atoms with Gasteiger partial charge < -0.3 is 0 Å². The molecule has 122 valence electrons. The van der Waals surface area contributed by atoms with Crippen LogP contribution in [-0.2, 0) is 0 Å². The Balaban J connectivity index is 1.95. The number of nitrogens with zero attached hydrogens (tertiary/aromatic N) is 1. The molecule has 0 saturated carbocycles. The first-order valence-electron chi connectivity index (χ1n) is 6.90. The van der Waals surface area contributed by atoms with Gasteiger partial charge in [0.2, 0.25) is 0 Å². The lowest BCUT2D eigenvalue weighted by molar-refractivity contribution is 0.0706. The fourth-order valence-electron chi connectivity index (χ4n) is 1.80. The van der Waals surface area contributed by atoms with Gasteiger partial charge in [0.1, 0.15) is 0 Å². The third-order valence-corrected chi connectivity index (χ3v) is 3.40. The molecule has 0 aliphatic rings. The van der Waals surface area contributed by atoms with Crippen molar-refractivity contribution in [1.82, 2.24) is 10.9 Å². The maximum atomic E-state index is 11.9. The maximum Gasteiger partial charge on any atom is 0.274 e. The lowest BCUT2D eigenvalue weighted by atomic mass is 10.1. The third-order valence-electron chi connectivity index (χ3n) is 2.97. The van der Waals surface area contributed by atoms with Crippen LogP contribution in [0.4, 0.5) is 0 Å². The van der Waals surface area contributed by atoms with Crippen LogP contribution in [0.15, 0.2) is 64.2 Å². The lowest BCUT2D eigenvalue weighted by Crippen LogP contribution is -2.20. The van der Waals surface area contributed by atoms with Crippen molar-refractivity contribution in [3.8, 4) is 0 Å². The van der Waals surface area contributed by atoms with Crippen molar-refractivity contribution < 1.29 is 14.8 Å². The minimum atomic E-state index is -0.644. The van der Waals surface area contributed by atoms with Crippen molar-refractivity contribution in [2.24, 2.45) is 5.10 Å². The standard InChI is InChI=1S/C17H14BrN3O3/c18-15(10-12-4-2-1-3-5-12)11-19-20-16(22)13-6-8-14(9-7-13)17(23)21-24/h1-11,24H,(H,20,22)(H,21,23)/b15-10-,19-11-. The Morgan fingerprint density at radius 2 is 1.54 bits per heavy atom. The van der Waals surface area contributed by atoms with Crippen molar-refractivity contribution in [3.05, 3.63) is 75.8 Å². The van der Waals surface area contributed by atoms with E-state index < -0.39 is 11.8 Å². The summed E-state index contributed by atoms with van der Waals surface area (Å²) in [5.74, 6) is -1.06. The quantitative estimate of drug-likeness (QED) is 0.418. The molecule has 0 spiro atoms. The van der Waals surface area contributed by atoms with Gasteiger partial charge in [0.15, 0.2) is 0 Å². The van der Waals surface area contributed by atoms with Crippen LogP contribution in [0.2, 0.25) is 0 Å². The Bertz CT molecular complexity index is 771. The Kier molecular flexibility index (Phi) is 6.41. The number of hydroxylamine groups is 1. The van der Waals surface area contributed by atoms with Crippen molar-refractivity contribution in [2.75, 3.05) is 0 Å². The average molecular weight is 388 g/mol. The number of rotatable bonds is 5. The van der Waals surface area contributed by atoms with Gasteiger partial charge in [-0.25, -0.2) is 10.9 Å². The number of carbonyl (C=O) groups excluding carboxylic acids is 2. The summed E-state index contributed by atoms with van der Waals surface area (Å²) in [5, 5.41) is 12.4. The molecule has 0 unspecified atom stereocenters. The second-order valence-corrected chi connectivity index (χ2v) is 5.57. The van der Waals surface area contributed by atoms with Gasteiger partial charge in [-0.05, 0) is 51.8 Å². The van der Waals surface area contributed by atoms with Crippen LogP contribution < -0.4 is 10.9 Å². The summed E-state index contributed by atoms with van der Waals surface area (Å²) in [5.41, 5.74) is 5.49. The van der Waals surface area contributed by atoms with Crippen LogP contribution in [0.25, 0.3) is 6.08 Å². The number of hydrazone groups is 1. The normalized spacial score (nSPS) is 11.3. The predicted molar refractivity (Wildman–Crippen MR) is 95.0 cm³/mol. The number of hydrogen-bond acceptors (Lipinski definition) is 4. The van der Waals surface area contributed by atoms with E-state index in [4.69, 9.17) is 5.21 Å². The molecule has 0 bridgehead atoms. The molecule has 0 aromatic heterocycles. The van der Waals surface area contributed by atoms with Crippen LogP contribution in [-0.4, -0.2) is 23.2 Å². The van der Waals surface area contributed by atoms with Gasteiger partial charge in [-0.3, -0.25) is 14.8 Å². The number of halogens is 1. The van der Waals surface area contributed by atoms with Crippen LogP contribution in [0.5, 0.6) is 0 Å². The minimum absolute atomic E-state index is 0.242. The second kappa shape index (κ2) is 8.76. The van der Waals surface area contributed by atoms with E-state index in [0.717, 1.165) is 5.56 Å². The Hall–Kier alpha value is -2.77. The van der Waals surface area contributed by atoms with Crippen molar-refractivity contribution >= 4 is 40.0 Å². The van der Waals surface area contributed by atoms with Gasteiger partial charge in [0.05, 0.1) is 6.21 Å². The summed E-state index contributed by atoms with van der Waals surface area (Å²) in [6.45, 7) is 0. The summed E-state index contributed by atoms with van der Waals surface area (Å²) in [6.07, 6.45) is 3.33. The monoisotopic (exact) mass is 387 g/mol. The number of allylic oxidation sites excluding steroid dienone is 1. The Morgan fingerprint density at radius 3 is 2.12 bits per heavy atom. The Labute approximate surface area is 147 Å². The molecule has 0 aliphatic carbocycles. The average Bonchev–Trinajstić information content (AvgIpc) is 2.62. The lowest BCUT2D eigenvalue weighted by Gasteiger charge is -2.02. The highest BCUT2D eigenvalue weighted by molar-refractivity contribution is 9.12. The maximum absolute atomic E-state index is 11.9. The van der Waals surface area contributed by atoms with E-state index in [2.05, 4.69) is 26.5 Å². The fraction of sp³-hybridized carbons (Fsp3) is 0. The fourth-order valence-corrected chi connectivity index (χ4v) is 2.17. The highest BCUT2D eigenvalue weighted by atomic mass is 79.9. The first kappa shape index (κ1) is 17.6. The largest absolute Gasteiger partial charge is 0.288 e. The summed E-state index contributed by atoms with van der Waals surface area (Å²) >= 11 is 3.35. The molecule has 2 aromatic rings. The van der Waals surface area contributed by atoms with E-state index in [1.807, 2.05) is 36.4 Å². The molecule has 6 nitrogen and oxygen atoms in total. The highest BCUT2D eigenvalue weighted by Crippen LogP contribution is 2.10. The van der Waals surface area contributed by atoms with Crippen LogP contribution in [0, 0.1) is 0 Å². The number of hydrogen-bond donors (Lipinski definition) is 3. The first-order chi connectivity index (χ1) is 11.6. The van der Waals surface area contributed by atoms with Gasteiger partial charge in [0.25, 0.3) is 11.8 Å². The summed E-state index contributed by atoms with van der Waals surface area (Å²) in [7, 11) is 0. The molecule has 0 atom stereocenters. The third kappa shape index (κ3) is 5.15. The molecule has 24 heavy (non-hydrogen) atoms. The summed E-state index contributed by atoms with van der Waals surface area (Å²) in [6, 6.07) is 15.4. The number of nitrogens with one attached hydrogen (secondary N) is 2. The number of benzene rings is 2. The zero-order chi connectivity index (χ0) is 17.4. The van der Waals surface area contributed by atoms with Crippen molar-refractivity contribution in [2.45, 2.75) is 0 Å². The summed E-state index contributed by atoms with van der Waals surface area (Å²) < 4.78 is 0.698. The van der Waals surface area contributed by atoms with Crippen LogP contribution in [0.3, 0.4) is 0 Å². The molecule has 3 N–H and O–H groups in total. The van der Waals surface area contributed by atoms with E-state index in [1.165, 1.54) is 36.0 Å². The van der Waals surface area contributed by atoms with E-state index >= 15 is 0 Å². The molecule has 2 rings (SSSR count). The molecule has 2 aromatic carbocycles. The smallest absolute Gasteiger partial charge is 0.274 e. The topological polar surface area (TPSA) is 90.8 Å². The molecule has 0 saturated heterocycles. The van der Waals surface area contributed by atoms with Crippen molar-refractivity contribution in [1.29, 1.82) is 0 Å². The van der Waals surface area contributed by atoms with Gasteiger partial charge in [-0.15, -0.1) is 0 Å². The molecule has 0 aliphatic heterocycles. The van der Waals surface area contributed by atoms with E-state index in [1.54, 1.807) is 0 Å².